The van der Waals surface area contributed by atoms with Crippen LogP contribution in [-0.4, -0.2) is 11.0 Å². The number of fused-ring (bicyclic) bond motifs is 1. The van der Waals surface area contributed by atoms with Gasteiger partial charge in [0, 0.05) is 23.2 Å². The van der Waals surface area contributed by atoms with Gasteiger partial charge in [0.15, 0.2) is 0 Å². The van der Waals surface area contributed by atoms with Crippen LogP contribution in [0.2, 0.25) is 0 Å². The molecular weight excluding hydrogens is 385 g/mol. The number of nitrogens with zero attached hydrogens (tertiary/aromatic N) is 1. The molecule has 1 atom stereocenters. The molecule has 148 valence electrons. The largest absolute Gasteiger partial charge is 0.329 e. The lowest BCUT2D eigenvalue weighted by atomic mass is 9.97. The van der Waals surface area contributed by atoms with Crippen LogP contribution in [0, 0.1) is 5.82 Å². The number of hydrogen-bond donors (Lipinski definition) is 2. The Hall–Kier alpha value is -2.86. The number of pyridine rings is 1. The summed E-state index contributed by atoms with van der Waals surface area (Å²) in [6.45, 7) is 2.04. The van der Waals surface area contributed by atoms with Crippen molar-refractivity contribution in [3.05, 3.63) is 83.4 Å². The zero-order valence-corrected chi connectivity index (χ0v) is 16.9. The Balaban J connectivity index is 1.56. The molecule has 0 saturated heterocycles. The zero-order chi connectivity index (χ0) is 20.2. The molecule has 1 unspecified atom stereocenters. The predicted molar refractivity (Wildman–Crippen MR) is 116 cm³/mol. The molecule has 4 rings (SSSR count). The molecule has 1 aliphatic carbocycles. The van der Waals surface area contributed by atoms with E-state index >= 15 is 0 Å². The fraction of sp³-hybridized carbons (Fsp3) is 0.217. The Morgan fingerprint density at radius 1 is 1.10 bits per heavy atom. The summed E-state index contributed by atoms with van der Waals surface area (Å²) in [5, 5.41) is 3.10. The molecule has 0 fully saturated rings. The standard InChI is InChI=1S/C23H22FN3OS/c1-15(16-6-3-2-4-7-16)29-27-23(28)26-22-19-9-5-8-18(19)21(24)14-20(22)17-10-12-25-13-11-17/h2-4,6-7,10-15H,5,8-9H2,1H3,(H2,26,27,28). The number of aromatic nitrogens is 1. The van der Waals surface area contributed by atoms with E-state index < -0.39 is 0 Å². The molecule has 0 bridgehead atoms. The maximum atomic E-state index is 14.6. The molecule has 1 aliphatic rings. The van der Waals surface area contributed by atoms with Gasteiger partial charge in [0.2, 0.25) is 0 Å². The highest BCUT2D eigenvalue weighted by Gasteiger charge is 2.24. The van der Waals surface area contributed by atoms with Gasteiger partial charge in [-0.2, -0.15) is 0 Å². The Morgan fingerprint density at radius 3 is 2.59 bits per heavy atom. The maximum absolute atomic E-state index is 14.6. The van der Waals surface area contributed by atoms with E-state index in [0.29, 0.717) is 23.2 Å². The van der Waals surface area contributed by atoms with Crippen LogP contribution in [0.25, 0.3) is 11.1 Å². The lowest BCUT2D eigenvalue weighted by molar-refractivity contribution is 0.257. The molecule has 0 saturated carbocycles. The Kier molecular flexibility index (Phi) is 5.81. The first-order valence-corrected chi connectivity index (χ1v) is 10.5. The van der Waals surface area contributed by atoms with Gasteiger partial charge in [0.05, 0.1) is 5.69 Å². The molecule has 0 radical (unpaired) electrons. The third-order valence-corrected chi connectivity index (χ3v) is 6.10. The van der Waals surface area contributed by atoms with Crippen LogP contribution in [0.15, 0.2) is 60.9 Å². The normalized spacial score (nSPS) is 13.6. The molecule has 1 heterocycles. The summed E-state index contributed by atoms with van der Waals surface area (Å²) < 4.78 is 17.5. The van der Waals surface area contributed by atoms with Crippen molar-refractivity contribution in [3.8, 4) is 11.1 Å². The van der Waals surface area contributed by atoms with Gasteiger partial charge in [-0.1, -0.05) is 30.3 Å². The van der Waals surface area contributed by atoms with E-state index in [1.165, 1.54) is 18.0 Å². The lowest BCUT2D eigenvalue weighted by Gasteiger charge is -2.18. The molecule has 6 heteroatoms. The quantitative estimate of drug-likeness (QED) is 0.517. The number of carbonyl (C=O) groups is 1. The van der Waals surface area contributed by atoms with E-state index in [4.69, 9.17) is 0 Å². The summed E-state index contributed by atoms with van der Waals surface area (Å²) in [6.07, 6.45) is 5.69. The second kappa shape index (κ2) is 8.66. The van der Waals surface area contributed by atoms with Crippen LogP contribution >= 0.6 is 11.9 Å². The summed E-state index contributed by atoms with van der Waals surface area (Å²) in [4.78, 5) is 16.7. The van der Waals surface area contributed by atoms with E-state index in [1.54, 1.807) is 12.4 Å². The van der Waals surface area contributed by atoms with E-state index in [1.807, 2.05) is 49.4 Å². The third kappa shape index (κ3) is 4.27. The van der Waals surface area contributed by atoms with Gasteiger partial charge in [-0.3, -0.25) is 9.71 Å². The van der Waals surface area contributed by atoms with Gasteiger partial charge in [-0.05, 0) is 78.6 Å². The highest BCUT2D eigenvalue weighted by Crippen LogP contribution is 2.39. The second-order valence-electron chi connectivity index (χ2n) is 7.05. The number of halogens is 1. The number of urea groups is 1. The fourth-order valence-electron chi connectivity index (χ4n) is 3.71. The number of rotatable bonds is 5. The summed E-state index contributed by atoms with van der Waals surface area (Å²) in [6, 6.07) is 14.9. The first kappa shape index (κ1) is 19.5. The van der Waals surface area contributed by atoms with Crippen LogP contribution in [0.3, 0.4) is 0 Å². The number of hydrogen-bond acceptors (Lipinski definition) is 3. The predicted octanol–water partition coefficient (Wildman–Crippen LogP) is 5.91. The van der Waals surface area contributed by atoms with Crippen LogP contribution in [0.1, 0.15) is 35.3 Å². The van der Waals surface area contributed by atoms with Crippen molar-refractivity contribution in [2.75, 3.05) is 5.32 Å². The molecule has 2 amide bonds. The molecule has 2 aromatic carbocycles. The monoisotopic (exact) mass is 407 g/mol. The van der Waals surface area contributed by atoms with E-state index in [0.717, 1.165) is 29.5 Å². The van der Waals surface area contributed by atoms with Gasteiger partial charge in [0.25, 0.3) is 0 Å². The van der Waals surface area contributed by atoms with Crippen molar-refractivity contribution in [1.29, 1.82) is 0 Å². The van der Waals surface area contributed by atoms with Crippen LogP contribution in [-0.2, 0) is 12.8 Å². The molecular formula is C23H22FN3OS. The van der Waals surface area contributed by atoms with Crippen molar-refractivity contribution in [2.24, 2.45) is 0 Å². The topological polar surface area (TPSA) is 54.0 Å². The number of amides is 2. The highest BCUT2D eigenvalue weighted by atomic mass is 32.2. The van der Waals surface area contributed by atoms with E-state index in [9.17, 15) is 9.18 Å². The summed E-state index contributed by atoms with van der Waals surface area (Å²) in [5.41, 5.74) is 4.95. The van der Waals surface area contributed by atoms with Gasteiger partial charge in [-0.25, -0.2) is 9.18 Å². The number of anilines is 1. The molecule has 3 aromatic rings. The molecule has 2 N–H and O–H groups in total. The minimum atomic E-state index is -0.311. The summed E-state index contributed by atoms with van der Waals surface area (Å²) in [5.74, 6) is -0.206. The maximum Gasteiger partial charge on any atom is 0.329 e. The first-order valence-electron chi connectivity index (χ1n) is 9.65. The lowest BCUT2D eigenvalue weighted by Crippen LogP contribution is -2.24. The van der Waals surface area contributed by atoms with Crippen LogP contribution < -0.4 is 10.0 Å². The SMILES string of the molecule is CC(SNC(=O)Nc1c(-c2ccncc2)cc(F)c2c1CCC2)c1ccccc1. The van der Waals surface area contributed by atoms with E-state index in [2.05, 4.69) is 15.0 Å². The number of benzene rings is 2. The van der Waals surface area contributed by atoms with Gasteiger partial charge >= 0.3 is 6.03 Å². The van der Waals surface area contributed by atoms with Gasteiger partial charge < -0.3 is 5.32 Å². The Bertz CT molecular complexity index is 1010. The number of nitrogens with one attached hydrogen (secondary N) is 2. The smallest absolute Gasteiger partial charge is 0.306 e. The Morgan fingerprint density at radius 2 is 1.83 bits per heavy atom. The van der Waals surface area contributed by atoms with Crippen LogP contribution in [0.4, 0.5) is 14.9 Å². The summed E-state index contributed by atoms with van der Waals surface area (Å²) in [7, 11) is 0. The van der Waals surface area contributed by atoms with Crippen molar-refractivity contribution < 1.29 is 9.18 Å². The van der Waals surface area contributed by atoms with E-state index in [-0.39, 0.29) is 17.1 Å². The van der Waals surface area contributed by atoms with Crippen molar-refractivity contribution in [1.82, 2.24) is 9.71 Å². The average Bonchev–Trinajstić information content (AvgIpc) is 3.26. The van der Waals surface area contributed by atoms with Crippen molar-refractivity contribution >= 4 is 23.7 Å². The first-order chi connectivity index (χ1) is 14.1. The van der Waals surface area contributed by atoms with Crippen molar-refractivity contribution in [3.63, 3.8) is 0 Å². The minimum Gasteiger partial charge on any atom is -0.306 e. The molecule has 29 heavy (non-hydrogen) atoms. The molecule has 1 aromatic heterocycles. The minimum absolute atomic E-state index is 0.112. The molecule has 4 nitrogen and oxygen atoms in total. The number of carbonyl (C=O) groups excluding carboxylic acids is 1. The molecule has 0 aliphatic heterocycles. The molecule has 0 spiro atoms. The average molecular weight is 408 g/mol. The van der Waals surface area contributed by atoms with Gasteiger partial charge in [-0.15, -0.1) is 0 Å². The summed E-state index contributed by atoms with van der Waals surface area (Å²) >= 11 is 1.35. The fourth-order valence-corrected chi connectivity index (χ4v) is 4.33. The highest BCUT2D eigenvalue weighted by molar-refractivity contribution is 7.98. The second-order valence-corrected chi connectivity index (χ2v) is 8.20. The van der Waals surface area contributed by atoms with Crippen LogP contribution in [0.5, 0.6) is 0 Å². The third-order valence-electron chi connectivity index (χ3n) is 5.18. The van der Waals surface area contributed by atoms with Gasteiger partial charge in [0.1, 0.15) is 5.82 Å². The zero-order valence-electron chi connectivity index (χ0n) is 16.1. The van der Waals surface area contributed by atoms with Crippen molar-refractivity contribution in [2.45, 2.75) is 31.4 Å². The Labute approximate surface area is 174 Å².